The van der Waals surface area contributed by atoms with Crippen molar-refractivity contribution in [3.63, 3.8) is 0 Å². The van der Waals surface area contributed by atoms with Gasteiger partial charge in [-0.15, -0.1) is 0 Å². The number of halogens is 3. The van der Waals surface area contributed by atoms with Crippen LogP contribution in [0.5, 0.6) is 0 Å². The standard InChI is InChI=1S/C30H41F3N4O4/c1-27(2,3)41-26(39)37-22(17-40-28(37,4)5)19(18-9-7-10-18)11-8-12-23(38)21-16-34-20-15-24(36(6)25(20)35-21)29(13-14-29)30(31,32)33/h15-16,18-19,22H,7-14,17H2,1-6H3/t19-,22-/m0/s1. The van der Waals surface area contributed by atoms with E-state index >= 15 is 0 Å². The number of hydrogen-bond acceptors (Lipinski definition) is 6. The van der Waals surface area contributed by atoms with Crippen molar-refractivity contribution in [2.24, 2.45) is 18.9 Å². The highest BCUT2D eigenvalue weighted by atomic mass is 19.4. The monoisotopic (exact) mass is 578 g/mol. The number of nitrogens with zero attached hydrogens (tertiary/aromatic N) is 4. The highest BCUT2D eigenvalue weighted by Crippen LogP contribution is 2.59. The molecule has 5 rings (SSSR count). The first-order chi connectivity index (χ1) is 19.0. The lowest BCUT2D eigenvalue weighted by Gasteiger charge is -2.42. The molecule has 0 N–H and O–H groups in total. The van der Waals surface area contributed by atoms with Crippen LogP contribution < -0.4 is 0 Å². The summed E-state index contributed by atoms with van der Waals surface area (Å²) in [5.41, 5.74) is -2.35. The first-order valence-electron chi connectivity index (χ1n) is 14.6. The van der Waals surface area contributed by atoms with Crippen LogP contribution in [0.4, 0.5) is 18.0 Å². The molecule has 8 nitrogen and oxygen atoms in total. The van der Waals surface area contributed by atoms with Crippen LogP contribution in [-0.4, -0.2) is 61.5 Å². The van der Waals surface area contributed by atoms with E-state index in [1.807, 2.05) is 34.6 Å². The summed E-state index contributed by atoms with van der Waals surface area (Å²) in [4.78, 5) is 36.9. The lowest BCUT2D eigenvalue weighted by molar-refractivity contribution is -0.162. The van der Waals surface area contributed by atoms with Gasteiger partial charge in [-0.25, -0.2) is 9.78 Å². The molecule has 0 spiro atoms. The Morgan fingerprint density at radius 2 is 1.88 bits per heavy atom. The lowest BCUT2D eigenvalue weighted by Crippen LogP contribution is -2.53. The number of alkyl halides is 3. The molecule has 1 aliphatic heterocycles. The number of amides is 1. The van der Waals surface area contributed by atoms with Gasteiger partial charge in [-0.05, 0) is 78.2 Å². The molecule has 3 aliphatic rings. The van der Waals surface area contributed by atoms with Crippen molar-refractivity contribution < 1.29 is 32.2 Å². The molecule has 0 bridgehead atoms. The van der Waals surface area contributed by atoms with E-state index in [-0.39, 0.29) is 54.0 Å². The zero-order chi connectivity index (χ0) is 30.0. The number of hydrogen-bond donors (Lipinski definition) is 0. The second-order valence-corrected chi connectivity index (χ2v) is 13.5. The van der Waals surface area contributed by atoms with E-state index in [1.165, 1.54) is 16.8 Å². The molecule has 0 radical (unpaired) electrons. The third-order valence-electron chi connectivity index (χ3n) is 9.10. The van der Waals surface area contributed by atoms with Gasteiger partial charge in [-0.2, -0.15) is 13.2 Å². The molecule has 41 heavy (non-hydrogen) atoms. The third kappa shape index (κ3) is 5.58. The van der Waals surface area contributed by atoms with Crippen LogP contribution in [0, 0.1) is 11.8 Å². The molecule has 0 unspecified atom stereocenters. The summed E-state index contributed by atoms with van der Waals surface area (Å²) >= 11 is 0. The number of carbonyl (C=O) groups is 2. The molecule has 11 heteroatoms. The smallest absolute Gasteiger partial charge is 0.412 e. The summed E-state index contributed by atoms with van der Waals surface area (Å²) in [5.74, 6) is 0.407. The van der Waals surface area contributed by atoms with Crippen molar-refractivity contribution in [3.8, 4) is 0 Å². The van der Waals surface area contributed by atoms with Gasteiger partial charge in [-0.1, -0.05) is 19.3 Å². The average Bonchev–Trinajstić information content (AvgIpc) is 3.49. The van der Waals surface area contributed by atoms with Gasteiger partial charge in [-0.3, -0.25) is 14.7 Å². The van der Waals surface area contributed by atoms with Crippen molar-refractivity contribution in [1.29, 1.82) is 0 Å². The second-order valence-electron chi connectivity index (χ2n) is 13.5. The molecule has 0 aromatic carbocycles. The summed E-state index contributed by atoms with van der Waals surface area (Å²) in [6, 6.07) is 1.29. The van der Waals surface area contributed by atoms with Crippen LogP contribution in [0.25, 0.3) is 11.2 Å². The van der Waals surface area contributed by atoms with E-state index in [2.05, 4.69) is 9.97 Å². The van der Waals surface area contributed by atoms with Gasteiger partial charge in [0, 0.05) is 19.2 Å². The van der Waals surface area contributed by atoms with E-state index in [1.54, 1.807) is 11.9 Å². The SMILES string of the molecule is Cn1c(C2(C(F)(F)F)CC2)cc2ncc(C(=O)CCC[C@@H](C3CCC3)[C@@H]3COC(C)(C)N3C(=O)OC(C)(C)C)nc21. The van der Waals surface area contributed by atoms with E-state index < -0.39 is 29.0 Å². The zero-order valence-electron chi connectivity index (χ0n) is 24.8. The number of carbonyl (C=O) groups excluding carboxylic acids is 2. The first-order valence-corrected chi connectivity index (χ1v) is 14.6. The molecule has 2 saturated carbocycles. The minimum atomic E-state index is -4.34. The zero-order valence-corrected chi connectivity index (χ0v) is 24.8. The quantitative estimate of drug-likeness (QED) is 0.324. The number of aromatic nitrogens is 3. The fourth-order valence-electron chi connectivity index (χ4n) is 6.53. The lowest BCUT2D eigenvalue weighted by atomic mass is 9.70. The molecule has 2 atom stereocenters. The number of rotatable bonds is 8. The van der Waals surface area contributed by atoms with Crippen molar-refractivity contribution in [1.82, 2.24) is 19.4 Å². The Morgan fingerprint density at radius 1 is 1.20 bits per heavy atom. The van der Waals surface area contributed by atoms with Crippen LogP contribution >= 0.6 is 0 Å². The predicted molar refractivity (Wildman–Crippen MR) is 146 cm³/mol. The van der Waals surface area contributed by atoms with Crippen LogP contribution in [0.15, 0.2) is 12.3 Å². The fourth-order valence-corrected chi connectivity index (χ4v) is 6.53. The first kappa shape index (κ1) is 29.8. The summed E-state index contributed by atoms with van der Waals surface area (Å²) in [6.45, 7) is 9.70. The Morgan fingerprint density at radius 3 is 2.44 bits per heavy atom. The highest BCUT2D eigenvalue weighted by molar-refractivity contribution is 5.95. The Balaban J connectivity index is 1.28. The molecule has 2 aromatic heterocycles. The van der Waals surface area contributed by atoms with Gasteiger partial charge in [0.15, 0.2) is 11.4 Å². The van der Waals surface area contributed by atoms with Gasteiger partial charge in [0.25, 0.3) is 0 Å². The normalized spacial score (nSPS) is 23.0. The maximum absolute atomic E-state index is 13.7. The molecule has 1 amide bonds. The molecule has 2 aromatic rings. The van der Waals surface area contributed by atoms with Crippen LogP contribution in [0.2, 0.25) is 0 Å². The van der Waals surface area contributed by atoms with Gasteiger partial charge < -0.3 is 14.0 Å². The Labute approximate surface area is 239 Å². The van der Waals surface area contributed by atoms with E-state index in [0.29, 0.717) is 24.5 Å². The molecule has 2 aliphatic carbocycles. The van der Waals surface area contributed by atoms with E-state index in [4.69, 9.17) is 9.47 Å². The summed E-state index contributed by atoms with van der Waals surface area (Å²) in [5, 5.41) is 0. The molecular formula is C30H41F3N4O4. The highest BCUT2D eigenvalue weighted by Gasteiger charge is 2.65. The average molecular weight is 579 g/mol. The summed E-state index contributed by atoms with van der Waals surface area (Å²) in [7, 11) is 1.55. The number of fused-ring (bicyclic) bond motifs is 1. The predicted octanol–water partition coefficient (Wildman–Crippen LogP) is 6.70. The minimum Gasteiger partial charge on any atom is -0.444 e. The summed E-state index contributed by atoms with van der Waals surface area (Å²) in [6.07, 6.45) is 1.58. The van der Waals surface area contributed by atoms with Crippen LogP contribution in [-0.2, 0) is 21.9 Å². The van der Waals surface area contributed by atoms with E-state index in [0.717, 1.165) is 25.7 Å². The van der Waals surface area contributed by atoms with Gasteiger partial charge in [0.05, 0.1) is 18.8 Å². The Bertz CT molecular complexity index is 1320. The van der Waals surface area contributed by atoms with Crippen LogP contribution in [0.1, 0.15) is 102 Å². The Kier molecular flexibility index (Phi) is 7.44. The van der Waals surface area contributed by atoms with Gasteiger partial charge in [0.2, 0.25) is 0 Å². The van der Waals surface area contributed by atoms with Crippen molar-refractivity contribution in [2.45, 2.75) is 115 Å². The largest absolute Gasteiger partial charge is 0.444 e. The van der Waals surface area contributed by atoms with Crippen molar-refractivity contribution >= 4 is 23.0 Å². The molecule has 3 heterocycles. The molecular weight excluding hydrogens is 537 g/mol. The molecule has 226 valence electrons. The molecule has 3 fully saturated rings. The number of Topliss-reactive ketones (excluding diaryl/α,β-unsaturated/α-hetero) is 1. The van der Waals surface area contributed by atoms with E-state index in [9.17, 15) is 22.8 Å². The fraction of sp³-hybridized carbons (Fsp3) is 0.733. The number of aryl methyl sites for hydroxylation is 1. The number of ether oxygens (including phenoxy) is 2. The maximum Gasteiger partial charge on any atom is 0.412 e. The molecule has 1 saturated heterocycles. The number of ketones is 1. The van der Waals surface area contributed by atoms with Crippen molar-refractivity contribution in [3.05, 3.63) is 23.7 Å². The van der Waals surface area contributed by atoms with Gasteiger partial charge >= 0.3 is 12.3 Å². The van der Waals surface area contributed by atoms with Crippen LogP contribution in [0.3, 0.4) is 0 Å². The summed E-state index contributed by atoms with van der Waals surface area (Å²) < 4.78 is 54.4. The van der Waals surface area contributed by atoms with Crippen molar-refractivity contribution in [2.75, 3.05) is 6.61 Å². The Hall–Kier alpha value is -2.69. The third-order valence-corrected chi connectivity index (χ3v) is 9.10. The second kappa shape index (κ2) is 10.2. The minimum absolute atomic E-state index is 0.0448. The van der Waals surface area contributed by atoms with Gasteiger partial charge in [0.1, 0.15) is 28.0 Å². The maximum atomic E-state index is 13.7. The topological polar surface area (TPSA) is 86.6 Å².